The van der Waals surface area contributed by atoms with Gasteiger partial charge in [-0.25, -0.2) is 24.7 Å². The third kappa shape index (κ3) is 4.64. The van der Waals surface area contributed by atoms with Crippen LogP contribution in [-0.2, 0) is 18.3 Å². The van der Waals surface area contributed by atoms with Gasteiger partial charge >= 0.3 is 5.97 Å². The van der Waals surface area contributed by atoms with E-state index in [0.29, 0.717) is 46.7 Å². The SMILES string of the molecule is COC(=O)c1ncc(Nc2ccc3cc(-c4nc5cc(C(=O)N6CC7CCC6C7N)cc(OC)c5n4C)n(CC4CC4)c3n2)cn1. The fourth-order valence-corrected chi connectivity index (χ4v) is 7.13. The lowest BCUT2D eigenvalue weighted by Gasteiger charge is -2.27. The van der Waals surface area contributed by atoms with Gasteiger partial charge in [-0.2, -0.15) is 0 Å². The average Bonchev–Trinajstić information content (AvgIpc) is 3.48. The molecule has 1 saturated heterocycles. The first kappa shape index (κ1) is 28.4. The van der Waals surface area contributed by atoms with E-state index in [1.54, 1.807) is 7.11 Å². The van der Waals surface area contributed by atoms with Gasteiger partial charge in [0.2, 0.25) is 5.82 Å². The number of amides is 1. The van der Waals surface area contributed by atoms with Gasteiger partial charge in [0.1, 0.15) is 22.7 Å². The Bertz CT molecular complexity index is 2010. The fourth-order valence-electron chi connectivity index (χ4n) is 7.13. The third-order valence-corrected chi connectivity index (χ3v) is 9.72. The van der Waals surface area contributed by atoms with E-state index in [0.717, 1.165) is 47.5 Å². The minimum Gasteiger partial charge on any atom is -0.494 e. The highest BCUT2D eigenvalue weighted by Crippen LogP contribution is 2.40. The van der Waals surface area contributed by atoms with Crippen molar-refractivity contribution in [3.63, 3.8) is 0 Å². The van der Waals surface area contributed by atoms with Crippen molar-refractivity contribution in [2.75, 3.05) is 26.1 Å². The molecule has 1 aliphatic heterocycles. The molecule has 13 heteroatoms. The second kappa shape index (κ2) is 10.8. The van der Waals surface area contributed by atoms with Gasteiger partial charge in [0.15, 0.2) is 5.82 Å². The number of methoxy groups -OCH3 is 2. The van der Waals surface area contributed by atoms with E-state index >= 15 is 0 Å². The second-order valence-corrected chi connectivity index (χ2v) is 12.6. The van der Waals surface area contributed by atoms with E-state index in [2.05, 4.69) is 30.7 Å². The van der Waals surface area contributed by atoms with Crippen LogP contribution in [0.1, 0.15) is 46.7 Å². The van der Waals surface area contributed by atoms with Gasteiger partial charge in [0, 0.05) is 43.2 Å². The zero-order chi connectivity index (χ0) is 31.7. The van der Waals surface area contributed by atoms with Crippen molar-refractivity contribution in [3.8, 4) is 17.3 Å². The summed E-state index contributed by atoms with van der Waals surface area (Å²) in [5.74, 6) is 2.30. The molecule has 5 heterocycles. The summed E-state index contributed by atoms with van der Waals surface area (Å²) in [4.78, 5) is 45.6. The first-order chi connectivity index (χ1) is 22.3. The first-order valence-electron chi connectivity index (χ1n) is 15.6. The number of rotatable bonds is 8. The van der Waals surface area contributed by atoms with Gasteiger partial charge in [-0.1, -0.05) is 0 Å². The Morgan fingerprint density at radius 3 is 2.52 bits per heavy atom. The maximum Gasteiger partial charge on any atom is 0.376 e. The normalized spacial score (nSPS) is 20.5. The number of aryl methyl sites for hydroxylation is 1. The van der Waals surface area contributed by atoms with E-state index in [1.165, 1.54) is 32.3 Å². The largest absolute Gasteiger partial charge is 0.494 e. The van der Waals surface area contributed by atoms with Crippen LogP contribution in [0.15, 0.2) is 42.7 Å². The Labute approximate surface area is 264 Å². The topological polar surface area (TPSA) is 155 Å². The average molecular weight is 622 g/mol. The Balaban J connectivity index is 1.17. The molecule has 0 spiro atoms. The van der Waals surface area contributed by atoms with Crippen molar-refractivity contribution in [2.45, 2.75) is 44.3 Å². The summed E-state index contributed by atoms with van der Waals surface area (Å²) in [6.07, 6.45) is 7.43. The zero-order valence-electron chi connectivity index (χ0n) is 25.9. The highest BCUT2D eigenvalue weighted by Gasteiger charge is 2.47. The van der Waals surface area contributed by atoms with Crippen LogP contribution in [-0.4, -0.2) is 78.7 Å². The minimum absolute atomic E-state index is 0.0118. The quantitative estimate of drug-likeness (QED) is 0.244. The summed E-state index contributed by atoms with van der Waals surface area (Å²) in [6, 6.07) is 9.89. The number of nitrogens with one attached hydrogen (secondary N) is 1. The molecule has 3 fully saturated rings. The summed E-state index contributed by atoms with van der Waals surface area (Å²) < 4.78 is 14.8. The molecule has 3 N–H and O–H groups in total. The number of carbonyl (C=O) groups excluding carboxylic acids is 2. The number of piperidine rings is 1. The lowest BCUT2D eigenvalue weighted by Crippen LogP contribution is -2.41. The van der Waals surface area contributed by atoms with Crippen LogP contribution in [0.4, 0.5) is 11.5 Å². The van der Waals surface area contributed by atoms with Crippen molar-refractivity contribution in [1.82, 2.24) is 34.0 Å². The molecule has 236 valence electrons. The fraction of sp³-hybridized carbons (Fsp3) is 0.394. The van der Waals surface area contributed by atoms with Crippen LogP contribution in [0.3, 0.4) is 0 Å². The number of hydrogen-bond donors (Lipinski definition) is 2. The number of fused-ring (bicyclic) bond motifs is 4. The maximum absolute atomic E-state index is 13.7. The lowest BCUT2D eigenvalue weighted by atomic mass is 10.1. The molecular formula is C33H35N9O4. The molecular weight excluding hydrogens is 586 g/mol. The van der Waals surface area contributed by atoms with E-state index in [9.17, 15) is 9.59 Å². The highest BCUT2D eigenvalue weighted by atomic mass is 16.5. The molecule has 0 radical (unpaired) electrons. The van der Waals surface area contributed by atoms with Crippen molar-refractivity contribution in [1.29, 1.82) is 0 Å². The molecule has 3 unspecified atom stereocenters. The van der Waals surface area contributed by atoms with Crippen LogP contribution in [0, 0.1) is 11.8 Å². The molecule has 3 aliphatic rings. The lowest BCUT2D eigenvalue weighted by molar-refractivity contribution is 0.0586. The van der Waals surface area contributed by atoms with Gasteiger partial charge in [-0.05, 0) is 67.9 Å². The second-order valence-electron chi connectivity index (χ2n) is 12.6. The summed E-state index contributed by atoms with van der Waals surface area (Å²) in [5.41, 5.74) is 10.9. The first-order valence-corrected chi connectivity index (χ1v) is 15.6. The Hall–Kier alpha value is -5.04. The van der Waals surface area contributed by atoms with Gasteiger partial charge < -0.3 is 34.6 Å². The van der Waals surface area contributed by atoms with Crippen molar-refractivity contribution < 1.29 is 19.1 Å². The summed E-state index contributed by atoms with van der Waals surface area (Å²) >= 11 is 0. The number of carbonyl (C=O) groups is 2. The zero-order valence-corrected chi connectivity index (χ0v) is 25.9. The number of hydrogen-bond acceptors (Lipinski definition) is 10. The van der Waals surface area contributed by atoms with Crippen LogP contribution in [0.25, 0.3) is 33.6 Å². The molecule has 8 rings (SSSR count). The standard InChI is InChI=1S/C33H35N9O4/c1-40-28-22(10-20(12-25(28)45-2)32(43)42-16-19-6-8-23(42)27(19)34)38-31(40)24-11-18-7-9-26(39-30(18)41(24)15-17-4-5-17)37-21-13-35-29(36-14-21)33(44)46-3/h7,9-14,17,19,23,27H,4-6,8,15-16,34H2,1-3H3,(H,37,39). The summed E-state index contributed by atoms with van der Waals surface area (Å²) in [5, 5.41) is 4.22. The predicted molar refractivity (Wildman–Crippen MR) is 171 cm³/mol. The number of ether oxygens (including phenoxy) is 2. The van der Waals surface area contributed by atoms with Crippen molar-refractivity contribution in [2.24, 2.45) is 24.6 Å². The Morgan fingerprint density at radius 2 is 1.85 bits per heavy atom. The number of aromatic nitrogens is 6. The minimum atomic E-state index is -0.595. The van der Waals surface area contributed by atoms with E-state index < -0.39 is 5.97 Å². The number of nitrogens with two attached hydrogens (primary N) is 1. The van der Waals surface area contributed by atoms with Crippen molar-refractivity contribution >= 4 is 45.4 Å². The molecule has 2 saturated carbocycles. The number of benzene rings is 1. The van der Waals surface area contributed by atoms with Gasteiger partial charge in [-0.3, -0.25) is 4.79 Å². The van der Waals surface area contributed by atoms with E-state index in [1.807, 2.05) is 40.8 Å². The van der Waals surface area contributed by atoms with E-state index in [-0.39, 0.29) is 23.8 Å². The molecule has 13 nitrogen and oxygen atoms in total. The third-order valence-electron chi connectivity index (χ3n) is 9.72. The Kier molecular flexibility index (Phi) is 6.67. The highest BCUT2D eigenvalue weighted by molar-refractivity contribution is 6.00. The monoisotopic (exact) mass is 621 g/mol. The van der Waals surface area contributed by atoms with Gasteiger partial charge in [-0.15, -0.1) is 0 Å². The summed E-state index contributed by atoms with van der Waals surface area (Å²) in [6.45, 7) is 1.52. The number of pyridine rings is 1. The van der Waals surface area contributed by atoms with E-state index in [4.69, 9.17) is 20.4 Å². The molecule has 3 atom stereocenters. The van der Waals surface area contributed by atoms with Crippen molar-refractivity contribution in [3.05, 3.63) is 54.1 Å². The molecule has 5 aromatic rings. The number of nitrogens with zero attached hydrogens (tertiary/aromatic N) is 7. The number of anilines is 2. The number of imidazole rings is 1. The summed E-state index contributed by atoms with van der Waals surface area (Å²) in [7, 11) is 4.89. The molecule has 46 heavy (non-hydrogen) atoms. The predicted octanol–water partition coefficient (Wildman–Crippen LogP) is 3.89. The number of esters is 1. The molecule has 1 amide bonds. The van der Waals surface area contributed by atoms with Gasteiger partial charge in [0.05, 0.1) is 43.5 Å². The van der Waals surface area contributed by atoms with Gasteiger partial charge in [0.25, 0.3) is 5.91 Å². The smallest absolute Gasteiger partial charge is 0.376 e. The van der Waals surface area contributed by atoms with Crippen LogP contribution in [0.2, 0.25) is 0 Å². The number of likely N-dealkylation sites (tertiary alicyclic amines) is 1. The van der Waals surface area contributed by atoms with Crippen LogP contribution < -0.4 is 15.8 Å². The van der Waals surface area contributed by atoms with Crippen LogP contribution >= 0.6 is 0 Å². The van der Waals surface area contributed by atoms with Crippen LogP contribution in [0.5, 0.6) is 5.75 Å². The molecule has 1 aromatic carbocycles. The molecule has 2 aliphatic carbocycles. The molecule has 2 bridgehead atoms. The Morgan fingerprint density at radius 1 is 1.04 bits per heavy atom. The maximum atomic E-state index is 13.7. The molecule has 4 aromatic heterocycles.